The molecule has 0 aromatic carbocycles. The number of rotatable bonds is 2. The first-order valence-corrected chi connectivity index (χ1v) is 7.51. The lowest BCUT2D eigenvalue weighted by molar-refractivity contribution is -0.143. The second-order valence-electron chi connectivity index (χ2n) is 6.56. The molecule has 0 radical (unpaired) electrons. The first-order valence-electron chi connectivity index (χ1n) is 7.51. The topological polar surface area (TPSA) is 61.7 Å². The average Bonchev–Trinajstić information content (AvgIpc) is 2.97. The molecule has 1 aliphatic rings. The predicted octanol–water partition coefficient (Wildman–Crippen LogP) is 1.05. The number of amides is 3. The first-order chi connectivity index (χ1) is 10.2. The maximum atomic E-state index is 12.8. The minimum absolute atomic E-state index is 0.0136. The van der Waals surface area contributed by atoms with Crippen LogP contribution in [-0.4, -0.2) is 75.7 Å². The summed E-state index contributed by atoms with van der Waals surface area (Å²) in [6.45, 7) is 7.46. The van der Waals surface area contributed by atoms with E-state index in [1.165, 1.54) is 0 Å². The number of urea groups is 1. The van der Waals surface area contributed by atoms with Gasteiger partial charge in [0.1, 0.15) is 6.04 Å². The predicted molar refractivity (Wildman–Crippen MR) is 83.4 cm³/mol. The molecule has 1 atom stereocenters. The molecule has 3 amide bonds. The molecule has 22 heavy (non-hydrogen) atoms. The highest BCUT2D eigenvalue weighted by atomic mass is 16.2. The summed E-state index contributed by atoms with van der Waals surface area (Å²) in [6.07, 6.45) is 3.46. The molecule has 7 heteroatoms. The molecule has 1 aromatic rings. The summed E-state index contributed by atoms with van der Waals surface area (Å²) in [5, 5.41) is 4.14. The summed E-state index contributed by atoms with van der Waals surface area (Å²) in [6, 6.07) is 1.45. The fourth-order valence-electron chi connectivity index (χ4n) is 2.86. The standard InChI is InChI=1S/C15H25N5O2/c1-12(20-8-6-7-16-20)13(21)19-10-9-18(11-15(19,2)3)14(22)17(4)5/h6-8,12H,9-11H2,1-5H3. The van der Waals surface area contributed by atoms with Crippen molar-refractivity contribution < 1.29 is 9.59 Å². The van der Waals surface area contributed by atoms with Gasteiger partial charge in [0.2, 0.25) is 5.91 Å². The zero-order valence-corrected chi connectivity index (χ0v) is 14.0. The van der Waals surface area contributed by atoms with Crippen LogP contribution < -0.4 is 0 Å². The molecule has 1 aromatic heterocycles. The molecular formula is C15H25N5O2. The Balaban J connectivity index is 2.10. The molecule has 7 nitrogen and oxygen atoms in total. The SMILES string of the molecule is CC(C(=O)N1CCN(C(=O)N(C)C)CC1(C)C)n1cccn1. The number of nitrogens with zero attached hydrogens (tertiary/aromatic N) is 5. The molecule has 0 saturated carbocycles. The van der Waals surface area contributed by atoms with E-state index in [1.54, 1.807) is 41.0 Å². The van der Waals surface area contributed by atoms with Gasteiger partial charge in [0.25, 0.3) is 0 Å². The van der Waals surface area contributed by atoms with E-state index in [4.69, 9.17) is 0 Å². The summed E-state index contributed by atoms with van der Waals surface area (Å²) in [7, 11) is 3.49. The second kappa shape index (κ2) is 5.98. The van der Waals surface area contributed by atoms with Crippen LogP contribution >= 0.6 is 0 Å². The average molecular weight is 307 g/mol. The van der Waals surface area contributed by atoms with Gasteiger partial charge in [-0.25, -0.2) is 4.79 Å². The van der Waals surface area contributed by atoms with Gasteiger partial charge < -0.3 is 14.7 Å². The van der Waals surface area contributed by atoms with Gasteiger partial charge in [0.15, 0.2) is 0 Å². The summed E-state index contributed by atoms with van der Waals surface area (Å²) < 4.78 is 1.66. The minimum atomic E-state index is -0.400. The Bertz CT molecular complexity index is 538. The fraction of sp³-hybridized carbons (Fsp3) is 0.667. The van der Waals surface area contributed by atoms with Crippen molar-refractivity contribution in [3.8, 4) is 0 Å². The Hall–Kier alpha value is -2.05. The van der Waals surface area contributed by atoms with Crippen LogP contribution in [0.25, 0.3) is 0 Å². The van der Waals surface area contributed by atoms with E-state index >= 15 is 0 Å². The Morgan fingerprint density at radius 2 is 1.95 bits per heavy atom. The van der Waals surface area contributed by atoms with Crippen molar-refractivity contribution in [2.24, 2.45) is 0 Å². The molecule has 1 aliphatic heterocycles. The van der Waals surface area contributed by atoms with E-state index in [0.717, 1.165) is 0 Å². The summed E-state index contributed by atoms with van der Waals surface area (Å²) in [5.74, 6) is 0.0330. The van der Waals surface area contributed by atoms with Crippen molar-refractivity contribution >= 4 is 11.9 Å². The van der Waals surface area contributed by atoms with Crippen molar-refractivity contribution in [2.75, 3.05) is 33.7 Å². The van der Waals surface area contributed by atoms with Crippen LogP contribution in [0.5, 0.6) is 0 Å². The molecule has 2 heterocycles. The summed E-state index contributed by atoms with van der Waals surface area (Å²) in [5.41, 5.74) is -0.400. The van der Waals surface area contributed by atoms with E-state index in [0.29, 0.717) is 19.6 Å². The number of aromatic nitrogens is 2. The molecule has 0 aliphatic carbocycles. The fourth-order valence-corrected chi connectivity index (χ4v) is 2.86. The highest BCUT2D eigenvalue weighted by molar-refractivity contribution is 5.81. The number of carbonyl (C=O) groups is 2. The molecule has 0 spiro atoms. The van der Waals surface area contributed by atoms with Crippen LogP contribution in [0.3, 0.4) is 0 Å². The highest BCUT2D eigenvalue weighted by Crippen LogP contribution is 2.24. The van der Waals surface area contributed by atoms with Gasteiger partial charge in [-0.05, 0) is 26.8 Å². The molecule has 0 N–H and O–H groups in total. The van der Waals surface area contributed by atoms with E-state index in [-0.39, 0.29) is 18.0 Å². The molecule has 122 valence electrons. The first kappa shape index (κ1) is 16.3. The Labute approximate surface area is 131 Å². The van der Waals surface area contributed by atoms with Crippen LogP contribution in [0, 0.1) is 0 Å². The van der Waals surface area contributed by atoms with Crippen molar-refractivity contribution in [1.29, 1.82) is 0 Å². The van der Waals surface area contributed by atoms with Crippen LogP contribution in [0.1, 0.15) is 26.8 Å². The lowest BCUT2D eigenvalue weighted by atomic mass is 9.97. The van der Waals surface area contributed by atoms with E-state index in [9.17, 15) is 9.59 Å². The molecule has 0 bridgehead atoms. The third kappa shape index (κ3) is 3.08. The van der Waals surface area contributed by atoms with E-state index in [2.05, 4.69) is 5.10 Å². The molecular weight excluding hydrogens is 282 g/mol. The third-order valence-corrected chi connectivity index (χ3v) is 4.10. The van der Waals surface area contributed by atoms with Crippen molar-refractivity contribution in [3.05, 3.63) is 18.5 Å². The molecule has 2 rings (SSSR count). The van der Waals surface area contributed by atoms with Gasteiger partial charge in [0, 0.05) is 46.1 Å². The summed E-state index contributed by atoms with van der Waals surface area (Å²) >= 11 is 0. The van der Waals surface area contributed by atoms with Gasteiger partial charge in [-0.1, -0.05) is 0 Å². The quantitative estimate of drug-likeness (QED) is 0.820. The van der Waals surface area contributed by atoms with Crippen LogP contribution in [0.4, 0.5) is 4.79 Å². The van der Waals surface area contributed by atoms with Crippen molar-refractivity contribution in [3.63, 3.8) is 0 Å². The van der Waals surface area contributed by atoms with Crippen LogP contribution in [0.15, 0.2) is 18.5 Å². The lowest BCUT2D eigenvalue weighted by Crippen LogP contribution is -2.63. The lowest BCUT2D eigenvalue weighted by Gasteiger charge is -2.48. The van der Waals surface area contributed by atoms with Crippen LogP contribution in [-0.2, 0) is 4.79 Å². The minimum Gasteiger partial charge on any atom is -0.332 e. The molecule has 1 unspecified atom stereocenters. The Morgan fingerprint density at radius 3 is 2.45 bits per heavy atom. The Morgan fingerprint density at radius 1 is 1.27 bits per heavy atom. The van der Waals surface area contributed by atoms with Crippen molar-refractivity contribution in [2.45, 2.75) is 32.4 Å². The zero-order valence-electron chi connectivity index (χ0n) is 14.0. The monoisotopic (exact) mass is 307 g/mol. The maximum absolute atomic E-state index is 12.8. The highest BCUT2D eigenvalue weighted by Gasteiger charge is 2.40. The second-order valence-corrected chi connectivity index (χ2v) is 6.56. The number of hydrogen-bond acceptors (Lipinski definition) is 3. The van der Waals surface area contributed by atoms with Gasteiger partial charge in [-0.2, -0.15) is 5.10 Å². The van der Waals surface area contributed by atoms with Gasteiger partial charge in [0.05, 0.1) is 5.54 Å². The summed E-state index contributed by atoms with van der Waals surface area (Å²) in [4.78, 5) is 30.1. The smallest absolute Gasteiger partial charge is 0.319 e. The maximum Gasteiger partial charge on any atom is 0.319 e. The number of piperazine rings is 1. The van der Waals surface area contributed by atoms with Gasteiger partial charge in [-0.3, -0.25) is 9.48 Å². The zero-order chi connectivity index (χ0) is 16.5. The van der Waals surface area contributed by atoms with Crippen LogP contribution in [0.2, 0.25) is 0 Å². The van der Waals surface area contributed by atoms with E-state index < -0.39 is 5.54 Å². The van der Waals surface area contributed by atoms with E-state index in [1.807, 2.05) is 31.7 Å². The number of carbonyl (C=O) groups excluding carboxylic acids is 2. The normalized spacial score (nSPS) is 19.0. The number of hydrogen-bond donors (Lipinski definition) is 0. The van der Waals surface area contributed by atoms with Gasteiger partial charge >= 0.3 is 6.03 Å². The Kier molecular flexibility index (Phi) is 4.44. The largest absolute Gasteiger partial charge is 0.332 e. The van der Waals surface area contributed by atoms with Crippen molar-refractivity contribution in [1.82, 2.24) is 24.5 Å². The van der Waals surface area contributed by atoms with Gasteiger partial charge in [-0.15, -0.1) is 0 Å². The molecule has 1 fully saturated rings. The molecule has 1 saturated heterocycles. The third-order valence-electron chi connectivity index (χ3n) is 4.10.